The fourth-order valence-electron chi connectivity index (χ4n) is 5.67. The van der Waals surface area contributed by atoms with Gasteiger partial charge in [0.05, 0.1) is 5.52 Å². The topological polar surface area (TPSA) is 137 Å². The highest BCUT2D eigenvalue weighted by atomic mass is 32.2. The Balaban J connectivity index is 1.17. The predicted octanol–water partition coefficient (Wildman–Crippen LogP) is 0.799. The van der Waals surface area contributed by atoms with E-state index >= 15 is 0 Å². The molecule has 4 heterocycles. The Hall–Kier alpha value is -2.58. The maximum atomic E-state index is 12.9. The molecule has 3 fully saturated rings. The summed E-state index contributed by atoms with van der Waals surface area (Å²) in [6.45, 7) is 4.30. The van der Waals surface area contributed by atoms with Crippen molar-refractivity contribution in [1.82, 2.24) is 28.6 Å². The monoisotopic (exact) mass is 546 g/mol. The number of carbonyl (C=O) groups is 2. The van der Waals surface area contributed by atoms with E-state index in [4.69, 9.17) is 5.73 Å². The van der Waals surface area contributed by atoms with Crippen molar-refractivity contribution in [3.63, 3.8) is 0 Å². The molecule has 0 radical (unpaired) electrons. The summed E-state index contributed by atoms with van der Waals surface area (Å²) in [6.07, 6.45) is 3.66. The number of aromatic nitrogens is 2. The second kappa shape index (κ2) is 10.9. The van der Waals surface area contributed by atoms with Crippen LogP contribution in [0, 0.1) is 0 Å². The lowest BCUT2D eigenvalue weighted by molar-refractivity contribution is -0.120. The zero-order valence-corrected chi connectivity index (χ0v) is 23.0. The molecule has 13 heteroatoms. The van der Waals surface area contributed by atoms with Crippen molar-refractivity contribution < 1.29 is 18.0 Å². The number of likely N-dealkylation sites (tertiary alicyclic amines) is 1. The van der Waals surface area contributed by atoms with Crippen LogP contribution in [0.4, 0.5) is 10.6 Å². The number of rotatable bonds is 7. The van der Waals surface area contributed by atoms with Crippen molar-refractivity contribution in [2.75, 3.05) is 57.8 Å². The molecule has 38 heavy (non-hydrogen) atoms. The van der Waals surface area contributed by atoms with E-state index in [1.807, 2.05) is 13.1 Å². The molecule has 1 aromatic heterocycles. The van der Waals surface area contributed by atoms with Gasteiger partial charge in [-0.05, 0) is 62.4 Å². The first-order valence-electron chi connectivity index (χ1n) is 13.4. The van der Waals surface area contributed by atoms with Gasteiger partial charge in [0.1, 0.15) is 0 Å². The Morgan fingerprint density at radius 1 is 1.08 bits per heavy atom. The molecule has 3 N–H and O–H groups in total. The lowest BCUT2D eigenvalue weighted by Gasteiger charge is -2.35. The second-order valence-electron chi connectivity index (χ2n) is 10.7. The molecule has 0 spiro atoms. The fraction of sp³-hybridized carbons (Fsp3) is 0.640. The van der Waals surface area contributed by atoms with Crippen molar-refractivity contribution in [1.29, 1.82) is 0 Å². The molecule has 0 aliphatic carbocycles. The van der Waals surface area contributed by atoms with Gasteiger partial charge >= 0.3 is 6.03 Å². The van der Waals surface area contributed by atoms with Gasteiger partial charge in [-0.1, -0.05) is 6.07 Å². The minimum atomic E-state index is -3.45. The van der Waals surface area contributed by atoms with E-state index in [2.05, 4.69) is 27.4 Å². The number of nitrogens with two attached hydrogens (primary N) is 1. The summed E-state index contributed by atoms with van der Waals surface area (Å²) in [7, 11) is 0.0889. The van der Waals surface area contributed by atoms with Crippen LogP contribution in [0.25, 0.3) is 10.9 Å². The average molecular weight is 547 g/mol. The normalized spacial score (nSPS) is 21.5. The molecule has 3 amide bonds. The zero-order valence-electron chi connectivity index (χ0n) is 22.2. The number of piperidine rings is 2. The molecule has 1 aromatic carbocycles. The summed E-state index contributed by atoms with van der Waals surface area (Å²) in [6, 6.07) is 5.96. The quantitative estimate of drug-likeness (QED) is 0.524. The number of likely N-dealkylation sites (N-methyl/N-ethyl adjacent to an activating group) is 1. The second-order valence-corrected chi connectivity index (χ2v) is 12.7. The number of amides is 3. The van der Waals surface area contributed by atoms with E-state index in [9.17, 15) is 18.0 Å². The number of hydrogen-bond acceptors (Lipinski definition) is 7. The number of imide groups is 1. The van der Waals surface area contributed by atoms with Crippen molar-refractivity contribution in [2.24, 2.45) is 12.8 Å². The number of nitrogens with one attached hydrogen (secondary N) is 1. The third-order valence-electron chi connectivity index (χ3n) is 8.17. The van der Waals surface area contributed by atoms with Crippen molar-refractivity contribution in [3.05, 3.63) is 23.8 Å². The van der Waals surface area contributed by atoms with E-state index in [-0.39, 0.29) is 18.4 Å². The molecular weight excluding hydrogens is 508 g/mol. The van der Waals surface area contributed by atoms with Gasteiger partial charge in [0, 0.05) is 64.7 Å². The van der Waals surface area contributed by atoms with Gasteiger partial charge in [0.25, 0.3) is 10.2 Å². The highest BCUT2D eigenvalue weighted by Crippen LogP contribution is 2.33. The Labute approximate surface area is 223 Å². The smallest absolute Gasteiger partial charge is 0.328 e. The number of urea groups is 1. The summed E-state index contributed by atoms with van der Waals surface area (Å²) < 4.78 is 30.7. The number of fused-ring (bicyclic) bond motifs is 1. The molecule has 0 unspecified atom stereocenters. The van der Waals surface area contributed by atoms with Crippen molar-refractivity contribution in [3.8, 4) is 0 Å². The van der Waals surface area contributed by atoms with Crippen LogP contribution in [0.2, 0.25) is 0 Å². The standard InChI is InChI=1S/C25H38N8O4S/c1-29(38(36,37)32-12-7-20(26)8-13-32)15-16-31-10-5-18(6-11-31)19-3-4-21-22(17-19)30(2)28-24(21)33-14-9-23(34)27-25(33)35/h3-4,17-18,20H,5-16,26H2,1-2H3,(H,27,34,35). The minimum absolute atomic E-state index is 0.0943. The molecule has 0 atom stereocenters. The molecule has 5 rings (SSSR count). The highest BCUT2D eigenvalue weighted by molar-refractivity contribution is 7.86. The Kier molecular flexibility index (Phi) is 7.74. The van der Waals surface area contributed by atoms with Gasteiger partial charge < -0.3 is 10.6 Å². The lowest BCUT2D eigenvalue weighted by atomic mass is 9.89. The van der Waals surface area contributed by atoms with Gasteiger partial charge in [0.15, 0.2) is 5.82 Å². The largest absolute Gasteiger partial charge is 0.329 e. The maximum Gasteiger partial charge on any atom is 0.329 e. The van der Waals surface area contributed by atoms with Crippen LogP contribution < -0.4 is 16.0 Å². The van der Waals surface area contributed by atoms with Gasteiger partial charge in [0.2, 0.25) is 5.91 Å². The molecule has 0 saturated carbocycles. The summed E-state index contributed by atoms with van der Waals surface area (Å²) in [4.78, 5) is 27.7. The molecule has 3 aliphatic rings. The van der Waals surface area contributed by atoms with Crippen LogP contribution >= 0.6 is 0 Å². The first-order chi connectivity index (χ1) is 18.1. The number of nitrogens with zero attached hydrogens (tertiary/aromatic N) is 6. The highest BCUT2D eigenvalue weighted by Gasteiger charge is 2.31. The van der Waals surface area contributed by atoms with E-state index in [1.165, 1.54) is 14.8 Å². The molecule has 208 valence electrons. The van der Waals surface area contributed by atoms with E-state index in [0.29, 0.717) is 57.3 Å². The number of benzene rings is 1. The van der Waals surface area contributed by atoms with E-state index in [1.54, 1.807) is 16.0 Å². The SMILES string of the molecule is CN(CCN1CCC(c2ccc3c(N4CCC(=O)NC4=O)nn(C)c3c2)CC1)S(=O)(=O)N1CCC(N)CC1. The summed E-state index contributed by atoms with van der Waals surface area (Å²) in [5, 5.41) is 7.83. The zero-order chi connectivity index (χ0) is 27.0. The molecule has 3 saturated heterocycles. The van der Waals surface area contributed by atoms with Gasteiger partial charge in [-0.2, -0.15) is 22.1 Å². The minimum Gasteiger partial charge on any atom is -0.328 e. The van der Waals surface area contributed by atoms with E-state index < -0.39 is 16.2 Å². The lowest BCUT2D eigenvalue weighted by Crippen LogP contribution is -2.49. The number of anilines is 1. The van der Waals surface area contributed by atoms with Crippen molar-refractivity contribution >= 4 is 38.9 Å². The number of hydrogen-bond donors (Lipinski definition) is 2. The number of carbonyl (C=O) groups excluding carboxylic acids is 2. The van der Waals surface area contributed by atoms with Gasteiger partial charge in [-0.3, -0.25) is 19.7 Å². The molecule has 2 aromatic rings. The summed E-state index contributed by atoms with van der Waals surface area (Å²) >= 11 is 0. The van der Waals surface area contributed by atoms with Crippen LogP contribution in [0.1, 0.15) is 43.6 Å². The average Bonchev–Trinajstić information content (AvgIpc) is 3.23. The summed E-state index contributed by atoms with van der Waals surface area (Å²) in [5.74, 6) is 0.713. The van der Waals surface area contributed by atoms with E-state index in [0.717, 1.165) is 36.8 Å². The summed E-state index contributed by atoms with van der Waals surface area (Å²) in [5.41, 5.74) is 8.13. The molecular formula is C25H38N8O4S. The first-order valence-corrected chi connectivity index (χ1v) is 14.8. The van der Waals surface area contributed by atoms with Gasteiger partial charge in [-0.15, -0.1) is 0 Å². The third-order valence-corrected chi connectivity index (χ3v) is 10.2. The van der Waals surface area contributed by atoms with Gasteiger partial charge in [-0.25, -0.2) is 4.79 Å². The Morgan fingerprint density at radius 3 is 2.47 bits per heavy atom. The Morgan fingerprint density at radius 2 is 1.79 bits per heavy atom. The first kappa shape index (κ1) is 27.0. The molecule has 3 aliphatic heterocycles. The van der Waals surface area contributed by atoms with Crippen LogP contribution in [0.3, 0.4) is 0 Å². The van der Waals surface area contributed by atoms with Crippen LogP contribution in [0.5, 0.6) is 0 Å². The predicted molar refractivity (Wildman–Crippen MR) is 145 cm³/mol. The maximum absolute atomic E-state index is 12.9. The Bertz CT molecular complexity index is 1300. The van der Waals surface area contributed by atoms with Crippen LogP contribution in [-0.2, 0) is 22.1 Å². The van der Waals surface area contributed by atoms with Crippen molar-refractivity contribution in [2.45, 2.75) is 44.1 Å². The molecule has 0 bridgehead atoms. The molecule has 12 nitrogen and oxygen atoms in total. The number of aryl methyl sites for hydroxylation is 1. The van der Waals surface area contributed by atoms with Crippen LogP contribution in [0.15, 0.2) is 18.2 Å². The third kappa shape index (κ3) is 5.43. The van der Waals surface area contributed by atoms with Crippen LogP contribution in [-0.4, -0.2) is 103 Å². The fourth-order valence-corrected chi connectivity index (χ4v) is 7.04.